The standard InChI is InChI=1S/C20H22N2O6/c1-26-16-9-4-13(10-17(16)27-2)12-21-18(23)11-19(24)22-15-7-5-14(6-8-15)20(25)28-3/h4-10H,11-12H2,1-3H3,(H,21,23)(H,22,24). The van der Waals surface area contributed by atoms with E-state index >= 15 is 0 Å². The van der Waals surface area contributed by atoms with E-state index in [9.17, 15) is 14.4 Å². The second-order valence-electron chi connectivity index (χ2n) is 5.76. The van der Waals surface area contributed by atoms with Crippen LogP contribution in [0.5, 0.6) is 11.5 Å². The van der Waals surface area contributed by atoms with E-state index in [2.05, 4.69) is 15.4 Å². The Balaban J connectivity index is 1.84. The van der Waals surface area contributed by atoms with E-state index in [0.717, 1.165) is 5.56 Å². The van der Waals surface area contributed by atoms with Gasteiger partial charge < -0.3 is 24.8 Å². The van der Waals surface area contributed by atoms with E-state index in [-0.39, 0.29) is 13.0 Å². The molecule has 8 heteroatoms. The maximum absolute atomic E-state index is 12.0. The molecule has 0 atom stereocenters. The van der Waals surface area contributed by atoms with Crippen LogP contribution in [0.1, 0.15) is 22.3 Å². The summed E-state index contributed by atoms with van der Waals surface area (Å²) in [6.45, 7) is 0.250. The highest BCUT2D eigenvalue weighted by atomic mass is 16.5. The van der Waals surface area contributed by atoms with E-state index in [0.29, 0.717) is 22.7 Å². The Kier molecular flexibility index (Phi) is 7.38. The third-order valence-electron chi connectivity index (χ3n) is 3.85. The number of carbonyl (C=O) groups is 3. The second kappa shape index (κ2) is 9.96. The van der Waals surface area contributed by atoms with Crippen molar-refractivity contribution < 1.29 is 28.6 Å². The van der Waals surface area contributed by atoms with Crippen molar-refractivity contribution in [3.05, 3.63) is 53.6 Å². The second-order valence-corrected chi connectivity index (χ2v) is 5.76. The van der Waals surface area contributed by atoms with Crippen LogP contribution in [0.3, 0.4) is 0 Å². The minimum absolute atomic E-state index is 0.250. The van der Waals surface area contributed by atoms with Crippen LogP contribution in [0, 0.1) is 0 Å². The van der Waals surface area contributed by atoms with Crippen molar-refractivity contribution in [3.63, 3.8) is 0 Å². The van der Waals surface area contributed by atoms with E-state index in [1.807, 2.05) is 0 Å². The molecule has 0 aromatic heterocycles. The number of hydrogen-bond acceptors (Lipinski definition) is 6. The van der Waals surface area contributed by atoms with Gasteiger partial charge in [0.1, 0.15) is 6.42 Å². The molecule has 0 saturated heterocycles. The first kappa shape index (κ1) is 20.8. The smallest absolute Gasteiger partial charge is 0.337 e. The lowest BCUT2D eigenvalue weighted by molar-refractivity contribution is -0.126. The Labute approximate surface area is 162 Å². The predicted octanol–water partition coefficient (Wildman–Crippen LogP) is 2.14. The molecule has 2 rings (SSSR count). The Morgan fingerprint density at radius 3 is 2.14 bits per heavy atom. The fraction of sp³-hybridized carbons (Fsp3) is 0.250. The molecule has 0 aliphatic carbocycles. The fourth-order valence-corrected chi connectivity index (χ4v) is 2.41. The highest BCUT2D eigenvalue weighted by Gasteiger charge is 2.11. The first-order valence-electron chi connectivity index (χ1n) is 8.42. The average molecular weight is 386 g/mol. The number of nitrogens with one attached hydrogen (secondary N) is 2. The Morgan fingerprint density at radius 2 is 1.54 bits per heavy atom. The molecule has 0 bridgehead atoms. The minimum Gasteiger partial charge on any atom is -0.493 e. The van der Waals surface area contributed by atoms with E-state index < -0.39 is 17.8 Å². The van der Waals surface area contributed by atoms with Crippen LogP contribution in [0.2, 0.25) is 0 Å². The monoisotopic (exact) mass is 386 g/mol. The highest BCUT2D eigenvalue weighted by molar-refractivity contribution is 6.03. The van der Waals surface area contributed by atoms with Gasteiger partial charge in [0.2, 0.25) is 11.8 Å². The summed E-state index contributed by atoms with van der Waals surface area (Å²) < 4.78 is 15.0. The van der Waals surface area contributed by atoms with Crippen molar-refractivity contribution in [2.75, 3.05) is 26.6 Å². The van der Waals surface area contributed by atoms with Crippen LogP contribution in [0.15, 0.2) is 42.5 Å². The van der Waals surface area contributed by atoms with Gasteiger partial charge in [-0.25, -0.2) is 4.79 Å². The summed E-state index contributed by atoms with van der Waals surface area (Å²) in [5.74, 6) is -0.195. The zero-order valence-electron chi connectivity index (χ0n) is 15.9. The molecular weight excluding hydrogens is 364 g/mol. The lowest BCUT2D eigenvalue weighted by atomic mass is 10.2. The van der Waals surface area contributed by atoms with E-state index in [1.54, 1.807) is 37.4 Å². The number of ether oxygens (including phenoxy) is 3. The average Bonchev–Trinajstić information content (AvgIpc) is 2.71. The zero-order valence-corrected chi connectivity index (χ0v) is 15.9. The number of carbonyl (C=O) groups excluding carboxylic acids is 3. The molecule has 0 fully saturated rings. The molecule has 8 nitrogen and oxygen atoms in total. The topological polar surface area (TPSA) is 103 Å². The molecule has 0 aliphatic rings. The summed E-state index contributed by atoms with van der Waals surface area (Å²) in [7, 11) is 4.36. The van der Waals surface area contributed by atoms with Gasteiger partial charge in [0.05, 0.1) is 26.9 Å². The van der Waals surface area contributed by atoms with Gasteiger partial charge in [-0.3, -0.25) is 9.59 Å². The van der Waals surface area contributed by atoms with Crippen LogP contribution in [-0.4, -0.2) is 39.1 Å². The lowest BCUT2D eigenvalue weighted by Crippen LogP contribution is -2.27. The molecule has 0 spiro atoms. The fourth-order valence-electron chi connectivity index (χ4n) is 2.41. The summed E-state index contributed by atoms with van der Waals surface area (Å²) in [4.78, 5) is 35.4. The maximum Gasteiger partial charge on any atom is 0.337 e. The summed E-state index contributed by atoms with van der Waals surface area (Å²) in [5.41, 5.74) is 1.66. The van der Waals surface area contributed by atoms with Crippen molar-refractivity contribution in [1.82, 2.24) is 5.32 Å². The predicted molar refractivity (Wildman–Crippen MR) is 102 cm³/mol. The number of anilines is 1. The number of methoxy groups -OCH3 is 3. The number of esters is 1. The highest BCUT2D eigenvalue weighted by Crippen LogP contribution is 2.27. The van der Waals surface area contributed by atoms with Crippen LogP contribution in [0.4, 0.5) is 5.69 Å². The SMILES string of the molecule is COC(=O)c1ccc(NC(=O)CC(=O)NCc2ccc(OC)c(OC)c2)cc1. The molecule has 0 heterocycles. The number of rotatable bonds is 8. The van der Waals surface area contributed by atoms with Crippen molar-refractivity contribution in [2.45, 2.75) is 13.0 Å². The molecular formula is C20H22N2O6. The first-order valence-corrected chi connectivity index (χ1v) is 8.42. The van der Waals surface area contributed by atoms with Gasteiger partial charge >= 0.3 is 5.97 Å². The van der Waals surface area contributed by atoms with Gasteiger partial charge in [-0.15, -0.1) is 0 Å². The third kappa shape index (κ3) is 5.73. The van der Waals surface area contributed by atoms with Crippen molar-refractivity contribution >= 4 is 23.5 Å². The summed E-state index contributed by atoms with van der Waals surface area (Å²) in [6.07, 6.45) is -0.327. The van der Waals surface area contributed by atoms with Gasteiger partial charge in [-0.2, -0.15) is 0 Å². The van der Waals surface area contributed by atoms with Crippen molar-refractivity contribution in [3.8, 4) is 11.5 Å². The number of benzene rings is 2. The normalized spacial score (nSPS) is 9.96. The molecule has 2 aromatic rings. The van der Waals surface area contributed by atoms with Crippen molar-refractivity contribution in [2.24, 2.45) is 0 Å². The molecule has 0 saturated carbocycles. The van der Waals surface area contributed by atoms with Crippen LogP contribution < -0.4 is 20.1 Å². The minimum atomic E-state index is -0.465. The number of amides is 2. The third-order valence-corrected chi connectivity index (χ3v) is 3.85. The zero-order chi connectivity index (χ0) is 20.5. The Hall–Kier alpha value is -3.55. The Morgan fingerprint density at radius 1 is 0.857 bits per heavy atom. The Bertz CT molecular complexity index is 848. The molecule has 148 valence electrons. The summed E-state index contributed by atoms with van der Waals surface area (Å²) >= 11 is 0. The molecule has 0 unspecified atom stereocenters. The van der Waals surface area contributed by atoms with Crippen LogP contribution in [0.25, 0.3) is 0 Å². The maximum atomic E-state index is 12.0. The van der Waals surface area contributed by atoms with E-state index in [4.69, 9.17) is 9.47 Å². The molecule has 2 N–H and O–H groups in total. The van der Waals surface area contributed by atoms with Gasteiger partial charge in [-0.1, -0.05) is 6.07 Å². The molecule has 2 amide bonds. The quantitative estimate of drug-likeness (QED) is 0.532. The van der Waals surface area contributed by atoms with Crippen LogP contribution >= 0.6 is 0 Å². The van der Waals surface area contributed by atoms with Gasteiger partial charge in [0.25, 0.3) is 0 Å². The molecule has 0 radical (unpaired) electrons. The van der Waals surface area contributed by atoms with Gasteiger partial charge in [0.15, 0.2) is 11.5 Å². The van der Waals surface area contributed by atoms with Gasteiger partial charge in [0, 0.05) is 12.2 Å². The molecule has 28 heavy (non-hydrogen) atoms. The number of hydrogen-bond donors (Lipinski definition) is 2. The summed E-state index contributed by atoms with van der Waals surface area (Å²) in [6, 6.07) is 11.5. The summed E-state index contributed by atoms with van der Waals surface area (Å²) in [5, 5.41) is 5.28. The van der Waals surface area contributed by atoms with E-state index in [1.165, 1.54) is 26.4 Å². The lowest BCUT2D eigenvalue weighted by Gasteiger charge is -2.10. The largest absolute Gasteiger partial charge is 0.493 e. The van der Waals surface area contributed by atoms with Gasteiger partial charge in [-0.05, 0) is 42.0 Å². The first-order chi connectivity index (χ1) is 13.5. The molecule has 0 aliphatic heterocycles. The van der Waals surface area contributed by atoms with Crippen molar-refractivity contribution in [1.29, 1.82) is 0 Å². The molecule has 2 aromatic carbocycles. The van der Waals surface area contributed by atoms with Crippen LogP contribution in [-0.2, 0) is 20.9 Å².